The van der Waals surface area contributed by atoms with Crippen molar-refractivity contribution < 1.29 is 18.0 Å². The van der Waals surface area contributed by atoms with Crippen LogP contribution in [-0.4, -0.2) is 23.6 Å². The number of hydrogen-bond acceptors (Lipinski definition) is 3. The normalized spacial score (nSPS) is 11.5. The van der Waals surface area contributed by atoms with Gasteiger partial charge in [0.15, 0.2) is 0 Å². The van der Waals surface area contributed by atoms with Crippen LogP contribution in [0.1, 0.15) is 28.7 Å². The molecule has 1 aromatic heterocycles. The summed E-state index contributed by atoms with van der Waals surface area (Å²) in [4.78, 5) is 16.2. The van der Waals surface area contributed by atoms with Crippen LogP contribution in [0.15, 0.2) is 29.6 Å². The monoisotopic (exact) mass is 328 g/mol. The molecular weight excluding hydrogens is 313 g/mol. The number of hydrogen-bond donors (Lipinski definition) is 1. The maximum Gasteiger partial charge on any atom is 0.390 e. The quantitative estimate of drug-likeness (QED) is 0.899. The van der Waals surface area contributed by atoms with Crippen molar-refractivity contribution in [1.29, 1.82) is 0 Å². The summed E-state index contributed by atoms with van der Waals surface area (Å²) >= 11 is 1.57. The van der Waals surface area contributed by atoms with Gasteiger partial charge in [0, 0.05) is 23.1 Å². The largest absolute Gasteiger partial charge is 0.390 e. The molecule has 0 saturated carbocycles. The molecule has 1 heterocycles. The lowest BCUT2D eigenvalue weighted by Crippen LogP contribution is -2.27. The van der Waals surface area contributed by atoms with Crippen LogP contribution in [0.3, 0.4) is 0 Å². The van der Waals surface area contributed by atoms with Gasteiger partial charge in [-0.3, -0.25) is 4.79 Å². The van der Waals surface area contributed by atoms with Gasteiger partial charge in [0.1, 0.15) is 0 Å². The molecule has 118 valence electrons. The molecule has 0 spiro atoms. The van der Waals surface area contributed by atoms with E-state index in [-0.39, 0.29) is 0 Å². The number of carbonyl (C=O) groups excluding carboxylic acids is 1. The van der Waals surface area contributed by atoms with Gasteiger partial charge in [-0.25, -0.2) is 4.98 Å². The molecule has 0 saturated heterocycles. The van der Waals surface area contributed by atoms with E-state index in [1.807, 2.05) is 12.3 Å². The second kappa shape index (κ2) is 6.91. The number of aromatic nitrogens is 1. The van der Waals surface area contributed by atoms with E-state index in [9.17, 15) is 18.0 Å². The third-order valence-corrected chi connectivity index (χ3v) is 3.98. The summed E-state index contributed by atoms with van der Waals surface area (Å²) < 4.78 is 36.1. The molecule has 1 N–H and O–H groups in total. The summed E-state index contributed by atoms with van der Waals surface area (Å²) in [6.45, 7) is 1.60. The first-order valence-corrected chi connectivity index (χ1v) is 7.67. The molecule has 1 aromatic carbocycles. The average Bonchev–Trinajstić information content (AvgIpc) is 2.95. The Balaban J connectivity index is 1.97. The highest BCUT2D eigenvalue weighted by Gasteiger charge is 2.26. The molecule has 0 fully saturated rings. The highest BCUT2D eigenvalue weighted by atomic mass is 32.1. The Labute approximate surface area is 130 Å². The lowest BCUT2D eigenvalue weighted by atomic mass is 10.1. The maximum absolute atomic E-state index is 12.0. The van der Waals surface area contributed by atoms with Gasteiger partial charge in [-0.2, -0.15) is 13.2 Å². The van der Waals surface area contributed by atoms with Crippen LogP contribution in [0.25, 0.3) is 11.3 Å². The Kier molecular flexibility index (Phi) is 5.18. The van der Waals surface area contributed by atoms with E-state index in [2.05, 4.69) is 10.3 Å². The lowest BCUT2D eigenvalue weighted by molar-refractivity contribution is -0.132. The molecule has 0 aliphatic rings. The molecule has 0 aliphatic heterocycles. The molecule has 0 radical (unpaired) electrons. The maximum atomic E-state index is 12.0. The Morgan fingerprint density at radius 1 is 1.27 bits per heavy atom. The SMILES string of the molecule is CCc1nc(-c2ccc(C(=O)NCCC(F)(F)F)cc2)cs1. The topological polar surface area (TPSA) is 42.0 Å². The number of carbonyl (C=O) groups is 1. The minimum absolute atomic E-state index is 0.330. The Bertz CT molecular complexity index is 635. The van der Waals surface area contributed by atoms with Crippen molar-refractivity contribution in [3.63, 3.8) is 0 Å². The summed E-state index contributed by atoms with van der Waals surface area (Å²) in [5.74, 6) is -0.511. The summed E-state index contributed by atoms with van der Waals surface area (Å²) in [5.41, 5.74) is 2.05. The highest BCUT2D eigenvalue weighted by molar-refractivity contribution is 7.09. The van der Waals surface area contributed by atoms with Crippen molar-refractivity contribution in [2.24, 2.45) is 0 Å². The predicted octanol–water partition coefficient (Wildman–Crippen LogP) is 4.05. The zero-order valence-corrected chi connectivity index (χ0v) is 12.7. The molecule has 2 rings (SSSR count). The van der Waals surface area contributed by atoms with Gasteiger partial charge in [0.2, 0.25) is 0 Å². The fourth-order valence-corrected chi connectivity index (χ4v) is 2.57. The number of benzene rings is 1. The Hall–Kier alpha value is -1.89. The molecule has 22 heavy (non-hydrogen) atoms. The van der Waals surface area contributed by atoms with E-state index in [1.54, 1.807) is 35.6 Å². The van der Waals surface area contributed by atoms with E-state index in [0.717, 1.165) is 22.7 Å². The number of nitrogens with zero attached hydrogens (tertiary/aromatic N) is 1. The van der Waals surface area contributed by atoms with Crippen molar-refractivity contribution in [1.82, 2.24) is 10.3 Å². The van der Waals surface area contributed by atoms with Gasteiger partial charge < -0.3 is 5.32 Å². The molecular formula is C15H15F3N2OS. The van der Waals surface area contributed by atoms with E-state index in [4.69, 9.17) is 0 Å². The predicted molar refractivity (Wildman–Crippen MR) is 79.9 cm³/mol. The minimum Gasteiger partial charge on any atom is -0.352 e. The molecule has 1 amide bonds. The number of aryl methyl sites for hydroxylation is 1. The van der Waals surface area contributed by atoms with Gasteiger partial charge in [-0.05, 0) is 18.6 Å². The number of nitrogens with one attached hydrogen (secondary N) is 1. The summed E-state index contributed by atoms with van der Waals surface area (Å²) in [6, 6.07) is 6.66. The first-order valence-electron chi connectivity index (χ1n) is 6.79. The van der Waals surface area contributed by atoms with Crippen LogP contribution >= 0.6 is 11.3 Å². The standard InChI is InChI=1S/C15H15F3N2OS/c1-2-13-20-12(9-22-13)10-3-5-11(6-4-10)14(21)19-8-7-15(16,17)18/h3-6,9H,2,7-8H2,1H3,(H,19,21). The molecule has 0 bridgehead atoms. The van der Waals surface area contributed by atoms with Crippen molar-refractivity contribution in [2.75, 3.05) is 6.54 Å². The summed E-state index contributed by atoms with van der Waals surface area (Å²) in [7, 11) is 0. The molecule has 2 aromatic rings. The van der Waals surface area contributed by atoms with Gasteiger partial charge in [-0.15, -0.1) is 11.3 Å². The molecule has 3 nitrogen and oxygen atoms in total. The van der Waals surface area contributed by atoms with Gasteiger partial charge in [0.25, 0.3) is 5.91 Å². The summed E-state index contributed by atoms with van der Waals surface area (Å²) in [6.07, 6.45) is -4.43. The van der Waals surface area contributed by atoms with Gasteiger partial charge >= 0.3 is 6.18 Å². The van der Waals surface area contributed by atoms with E-state index in [0.29, 0.717) is 5.56 Å². The molecule has 0 aliphatic carbocycles. The van der Waals surface area contributed by atoms with Crippen LogP contribution in [0, 0.1) is 0 Å². The van der Waals surface area contributed by atoms with Crippen LogP contribution < -0.4 is 5.32 Å². The average molecular weight is 328 g/mol. The number of halogens is 3. The second-order valence-electron chi connectivity index (χ2n) is 4.68. The van der Waals surface area contributed by atoms with E-state index in [1.165, 1.54) is 0 Å². The van der Waals surface area contributed by atoms with E-state index < -0.39 is 25.0 Å². The number of rotatable bonds is 5. The minimum atomic E-state index is -4.27. The van der Waals surface area contributed by atoms with Crippen molar-refractivity contribution in [3.05, 3.63) is 40.2 Å². The number of alkyl halides is 3. The fraction of sp³-hybridized carbons (Fsp3) is 0.333. The van der Waals surface area contributed by atoms with Crippen LogP contribution in [0.2, 0.25) is 0 Å². The second-order valence-corrected chi connectivity index (χ2v) is 5.62. The van der Waals surface area contributed by atoms with Crippen molar-refractivity contribution in [3.8, 4) is 11.3 Å². The summed E-state index contributed by atoms with van der Waals surface area (Å²) in [5, 5.41) is 5.23. The fourth-order valence-electron chi connectivity index (χ4n) is 1.82. The van der Waals surface area contributed by atoms with E-state index >= 15 is 0 Å². The lowest BCUT2D eigenvalue weighted by Gasteiger charge is -2.08. The molecule has 0 unspecified atom stereocenters. The zero-order chi connectivity index (χ0) is 16.2. The van der Waals surface area contributed by atoms with Gasteiger partial charge in [-0.1, -0.05) is 19.1 Å². The third-order valence-electron chi connectivity index (χ3n) is 2.99. The smallest absolute Gasteiger partial charge is 0.352 e. The zero-order valence-electron chi connectivity index (χ0n) is 11.9. The third kappa shape index (κ3) is 4.56. The van der Waals surface area contributed by atoms with Gasteiger partial charge in [0.05, 0.1) is 17.1 Å². The molecule has 7 heteroatoms. The Morgan fingerprint density at radius 3 is 2.50 bits per heavy atom. The number of amides is 1. The first kappa shape index (κ1) is 16.5. The number of thiazole rings is 1. The van der Waals surface area contributed by atoms with Crippen LogP contribution in [-0.2, 0) is 6.42 Å². The van der Waals surface area contributed by atoms with Crippen molar-refractivity contribution in [2.45, 2.75) is 25.9 Å². The molecule has 0 atom stereocenters. The van der Waals surface area contributed by atoms with Crippen LogP contribution in [0.5, 0.6) is 0 Å². The first-order chi connectivity index (χ1) is 10.4. The Morgan fingerprint density at radius 2 is 1.95 bits per heavy atom. The highest BCUT2D eigenvalue weighted by Crippen LogP contribution is 2.22. The van der Waals surface area contributed by atoms with Crippen molar-refractivity contribution >= 4 is 17.2 Å². The van der Waals surface area contributed by atoms with Crippen LogP contribution in [0.4, 0.5) is 13.2 Å².